The zero-order chi connectivity index (χ0) is 10.8. The summed E-state index contributed by atoms with van der Waals surface area (Å²) >= 11 is 23.0. The van der Waals surface area contributed by atoms with Crippen LogP contribution in [0.2, 0.25) is 12.1 Å². The van der Waals surface area contributed by atoms with Crippen molar-refractivity contribution in [3.05, 3.63) is 0 Å². The van der Waals surface area contributed by atoms with Gasteiger partial charge in [0.1, 0.15) is 0 Å². The minimum absolute atomic E-state index is 1.06. The highest BCUT2D eigenvalue weighted by Gasteiger charge is 2.02. The summed E-state index contributed by atoms with van der Waals surface area (Å²) in [6.45, 7) is 0. The van der Waals surface area contributed by atoms with Gasteiger partial charge < -0.3 is 0 Å². The lowest BCUT2D eigenvalue weighted by Gasteiger charge is -2.02. The van der Waals surface area contributed by atoms with Gasteiger partial charge in [0.05, 0.1) is 0 Å². The Bertz CT molecular complexity index is 108. The molecule has 0 unspecified atom stereocenters. The highest BCUT2D eigenvalue weighted by molar-refractivity contribution is 7.34. The highest BCUT2D eigenvalue weighted by atomic mass is 35.7. The molecule has 0 saturated carbocycles. The Morgan fingerprint density at radius 2 is 0.786 bits per heavy atom. The van der Waals surface area contributed by atoms with Gasteiger partial charge in [-0.05, 0) is 12.1 Å². The molecule has 14 heavy (non-hydrogen) atoms. The minimum Gasteiger partial charge on any atom is -0.150 e. The zero-order valence-corrected chi connectivity index (χ0v) is 13.7. The fourth-order valence-corrected chi connectivity index (χ4v) is 4.35. The first kappa shape index (κ1) is 15.6. The summed E-state index contributed by atoms with van der Waals surface area (Å²) in [5, 5.41) is 0. The predicted molar refractivity (Wildman–Crippen MR) is 75.0 cm³/mol. The van der Waals surface area contributed by atoms with Crippen LogP contribution < -0.4 is 0 Å². The molecule has 0 atom stereocenters. The van der Waals surface area contributed by atoms with E-state index < -0.39 is 14.8 Å². The normalized spacial score (nSPS) is 11.6. The Morgan fingerprint density at radius 1 is 0.500 bits per heavy atom. The van der Waals surface area contributed by atoms with E-state index in [2.05, 4.69) is 0 Å². The fourth-order valence-electron chi connectivity index (χ4n) is 1.30. The Labute approximate surface area is 109 Å². The summed E-state index contributed by atoms with van der Waals surface area (Å²) in [6.07, 6.45) is 7.53. The fraction of sp³-hybridized carbons (Fsp3) is 1.00. The Balaban J connectivity index is 2.92. The van der Waals surface area contributed by atoms with Crippen LogP contribution in [0.3, 0.4) is 0 Å². The molecule has 0 aromatic heterocycles. The van der Waals surface area contributed by atoms with Crippen LogP contribution in [-0.2, 0) is 0 Å². The van der Waals surface area contributed by atoms with Crippen molar-refractivity contribution >= 4 is 59.1 Å². The van der Waals surface area contributed by atoms with Crippen LogP contribution in [0.15, 0.2) is 0 Å². The summed E-state index contributed by atoms with van der Waals surface area (Å²) in [5.41, 5.74) is 0. The summed E-state index contributed by atoms with van der Waals surface area (Å²) < 4.78 is 0. The van der Waals surface area contributed by atoms with Gasteiger partial charge in [-0.3, -0.25) is 0 Å². The minimum atomic E-state index is -1.33. The van der Waals surface area contributed by atoms with Gasteiger partial charge in [0.25, 0.3) is 0 Å². The molecule has 0 aliphatic carbocycles. The maximum Gasteiger partial charge on any atom is 0.237 e. The largest absolute Gasteiger partial charge is 0.237 e. The molecule has 0 nitrogen and oxygen atoms in total. The van der Waals surface area contributed by atoms with Crippen LogP contribution in [0, 0.1) is 0 Å². The molecule has 0 fully saturated rings. The van der Waals surface area contributed by atoms with Crippen LogP contribution in [0.4, 0.5) is 0 Å². The zero-order valence-electron chi connectivity index (χ0n) is 8.32. The molecule has 0 saturated heterocycles. The van der Waals surface area contributed by atoms with E-state index in [1.165, 1.54) is 38.5 Å². The summed E-state index contributed by atoms with van der Waals surface area (Å²) in [4.78, 5) is 0. The molecule has 0 heterocycles. The molecule has 0 rings (SSSR count). The molecular formula is C8H18Cl4Si2. The molecule has 6 heteroatoms. The van der Waals surface area contributed by atoms with E-state index in [1.807, 2.05) is 0 Å². The van der Waals surface area contributed by atoms with Gasteiger partial charge in [-0.25, -0.2) is 0 Å². The third kappa shape index (κ3) is 13.6. The molecule has 0 spiro atoms. The summed E-state index contributed by atoms with van der Waals surface area (Å²) in [6, 6.07) is 2.11. The molecule has 0 amide bonds. The van der Waals surface area contributed by atoms with Crippen LogP contribution in [0.1, 0.15) is 38.5 Å². The van der Waals surface area contributed by atoms with Crippen LogP contribution in [0.5, 0.6) is 0 Å². The van der Waals surface area contributed by atoms with Crippen LogP contribution in [0.25, 0.3) is 0 Å². The number of hydrogen-bond donors (Lipinski definition) is 0. The lowest BCUT2D eigenvalue weighted by molar-refractivity contribution is 0.623. The Kier molecular flexibility index (Phi) is 12.4. The molecule has 0 radical (unpaired) electrons. The van der Waals surface area contributed by atoms with Gasteiger partial charge in [-0.2, -0.15) is 44.3 Å². The van der Waals surface area contributed by atoms with Gasteiger partial charge in [-0.1, -0.05) is 38.5 Å². The van der Waals surface area contributed by atoms with E-state index >= 15 is 0 Å². The van der Waals surface area contributed by atoms with E-state index in [-0.39, 0.29) is 0 Å². The third-order valence-corrected chi connectivity index (χ3v) is 6.40. The van der Waals surface area contributed by atoms with Gasteiger partial charge in [-0.15, -0.1) is 0 Å². The second-order valence-electron chi connectivity index (χ2n) is 3.48. The molecular weight excluding hydrogens is 294 g/mol. The second-order valence-corrected chi connectivity index (χ2v) is 13.9. The van der Waals surface area contributed by atoms with E-state index in [0.717, 1.165) is 12.1 Å². The topological polar surface area (TPSA) is 0 Å². The van der Waals surface area contributed by atoms with Gasteiger partial charge in [0.15, 0.2) is 0 Å². The molecule has 0 aromatic carbocycles. The average Bonchev–Trinajstić information content (AvgIpc) is 2.08. The van der Waals surface area contributed by atoms with Crippen LogP contribution in [-0.4, -0.2) is 14.8 Å². The monoisotopic (exact) mass is 310 g/mol. The number of hydrogen-bond acceptors (Lipinski definition) is 0. The van der Waals surface area contributed by atoms with Crippen molar-refractivity contribution < 1.29 is 0 Å². The van der Waals surface area contributed by atoms with Gasteiger partial charge in [0.2, 0.25) is 14.8 Å². The van der Waals surface area contributed by atoms with Crippen molar-refractivity contribution in [2.24, 2.45) is 0 Å². The number of rotatable bonds is 9. The van der Waals surface area contributed by atoms with Gasteiger partial charge >= 0.3 is 0 Å². The molecule has 0 aromatic rings. The highest BCUT2D eigenvalue weighted by Crippen LogP contribution is 2.14. The Morgan fingerprint density at radius 3 is 1.07 bits per heavy atom. The maximum atomic E-state index is 5.75. The van der Waals surface area contributed by atoms with Crippen molar-refractivity contribution in [2.45, 2.75) is 50.6 Å². The molecule has 0 N–H and O–H groups in total. The van der Waals surface area contributed by atoms with E-state index in [9.17, 15) is 0 Å². The van der Waals surface area contributed by atoms with Crippen molar-refractivity contribution in [2.75, 3.05) is 0 Å². The lowest BCUT2D eigenvalue weighted by Crippen LogP contribution is -1.92. The average molecular weight is 312 g/mol. The summed E-state index contributed by atoms with van der Waals surface area (Å²) in [7, 11) is -2.67. The smallest absolute Gasteiger partial charge is 0.150 e. The first-order valence-corrected chi connectivity index (χ1v) is 13.8. The predicted octanol–water partition coefficient (Wildman–Crippen LogP) is 4.72. The van der Waals surface area contributed by atoms with Crippen molar-refractivity contribution in [1.29, 1.82) is 0 Å². The quantitative estimate of drug-likeness (QED) is 0.328. The standard InChI is InChI=1S/C8H18Cl4Si2/c9-13(10)7-5-3-1-2-4-6-8-14(11)12/h13-14H,1-8H2. The third-order valence-electron chi connectivity index (χ3n) is 2.09. The molecule has 86 valence electrons. The molecule has 0 aliphatic heterocycles. The van der Waals surface area contributed by atoms with Crippen molar-refractivity contribution in [3.63, 3.8) is 0 Å². The van der Waals surface area contributed by atoms with E-state index in [0.29, 0.717) is 0 Å². The van der Waals surface area contributed by atoms with E-state index in [4.69, 9.17) is 44.3 Å². The number of halogens is 4. The van der Waals surface area contributed by atoms with Crippen molar-refractivity contribution in [1.82, 2.24) is 0 Å². The maximum absolute atomic E-state index is 5.75. The summed E-state index contributed by atoms with van der Waals surface area (Å²) in [5.74, 6) is 0. The van der Waals surface area contributed by atoms with Gasteiger partial charge in [0, 0.05) is 0 Å². The SMILES string of the molecule is Cl[SiH](Cl)CCCCCCCC[SiH](Cl)Cl. The molecule has 0 bridgehead atoms. The van der Waals surface area contributed by atoms with Crippen LogP contribution >= 0.6 is 44.3 Å². The van der Waals surface area contributed by atoms with Crippen molar-refractivity contribution in [3.8, 4) is 0 Å². The lowest BCUT2D eigenvalue weighted by atomic mass is 10.1. The Hall–Kier alpha value is 1.59. The van der Waals surface area contributed by atoms with E-state index in [1.54, 1.807) is 0 Å². The first-order valence-electron chi connectivity index (χ1n) is 5.19. The number of unbranched alkanes of at least 4 members (excludes halogenated alkanes) is 5. The molecule has 0 aliphatic rings. The first-order chi connectivity index (χ1) is 6.63. The second kappa shape index (κ2) is 11.1.